The fourth-order valence-corrected chi connectivity index (χ4v) is 5.57. The molecule has 3 heterocycles. The number of fused-ring (bicyclic) bond motifs is 1. The molecule has 6 rings (SSSR count). The Labute approximate surface area is 242 Å². The summed E-state index contributed by atoms with van der Waals surface area (Å²) in [6, 6.07) is 18.6. The van der Waals surface area contributed by atoms with Crippen molar-refractivity contribution in [1.82, 2.24) is 24.8 Å². The molecule has 10 nitrogen and oxygen atoms in total. The lowest BCUT2D eigenvalue weighted by molar-refractivity contribution is -0.120. The lowest BCUT2D eigenvalue weighted by Crippen LogP contribution is -2.42. The number of imidazole rings is 1. The van der Waals surface area contributed by atoms with Crippen LogP contribution in [0, 0.1) is 0 Å². The van der Waals surface area contributed by atoms with Gasteiger partial charge in [-0.1, -0.05) is 30.3 Å². The molecule has 2 aromatic heterocycles. The minimum absolute atomic E-state index is 0.0381. The zero-order valence-electron chi connectivity index (χ0n) is 23.2. The maximum atomic E-state index is 14.1. The summed E-state index contributed by atoms with van der Waals surface area (Å²) in [7, 11) is 0. The maximum Gasteiger partial charge on any atom is 0.296 e. The number of nitrogens with one attached hydrogen (secondary N) is 3. The van der Waals surface area contributed by atoms with Gasteiger partial charge in [0.1, 0.15) is 11.6 Å². The predicted octanol–water partition coefficient (Wildman–Crippen LogP) is 4.54. The number of benzene rings is 2. The first-order valence-electron chi connectivity index (χ1n) is 14.4. The van der Waals surface area contributed by atoms with Crippen molar-refractivity contribution in [3.8, 4) is 5.82 Å². The first-order valence-corrected chi connectivity index (χ1v) is 14.4. The SMILES string of the molecule is O=C(CNc1ccccc1)NC1CCC(Nc2nc(N3CCOCC3)cc(-n3c(C(F)F)nc4ccccc43)n2)CC1. The molecule has 12 heteroatoms. The highest BCUT2D eigenvalue weighted by Crippen LogP contribution is 2.30. The smallest absolute Gasteiger partial charge is 0.296 e. The van der Waals surface area contributed by atoms with Crippen molar-refractivity contribution in [1.29, 1.82) is 0 Å². The number of carbonyl (C=O) groups excluding carboxylic acids is 1. The molecular formula is C30H34F2N8O2. The Bertz CT molecular complexity index is 1500. The number of anilines is 3. The minimum atomic E-state index is -2.77. The van der Waals surface area contributed by atoms with E-state index >= 15 is 0 Å². The van der Waals surface area contributed by atoms with Crippen molar-refractivity contribution in [3.63, 3.8) is 0 Å². The molecule has 42 heavy (non-hydrogen) atoms. The number of carbonyl (C=O) groups is 1. The molecule has 2 aromatic carbocycles. The average molecular weight is 577 g/mol. The van der Waals surface area contributed by atoms with Crippen LogP contribution < -0.4 is 20.9 Å². The fourth-order valence-electron chi connectivity index (χ4n) is 5.57. The summed E-state index contributed by atoms with van der Waals surface area (Å²) >= 11 is 0. The van der Waals surface area contributed by atoms with Crippen molar-refractivity contribution < 1.29 is 18.3 Å². The Kier molecular flexibility index (Phi) is 8.40. The van der Waals surface area contributed by atoms with E-state index in [0.29, 0.717) is 54.9 Å². The van der Waals surface area contributed by atoms with E-state index in [1.165, 1.54) is 4.57 Å². The van der Waals surface area contributed by atoms with Crippen LogP contribution in [0.15, 0.2) is 60.7 Å². The van der Waals surface area contributed by atoms with Crippen LogP contribution in [0.25, 0.3) is 16.9 Å². The molecule has 3 N–H and O–H groups in total. The molecule has 0 unspecified atom stereocenters. The third-order valence-corrected chi connectivity index (χ3v) is 7.70. The van der Waals surface area contributed by atoms with Gasteiger partial charge in [-0.2, -0.15) is 9.97 Å². The standard InChI is InChI=1S/C30H34F2N8O2/c31-28(32)29-36-23-8-4-5-9-24(23)40(29)26-18-25(39-14-16-42-17-15-39)37-30(38-26)35-22-12-10-21(11-13-22)34-27(41)19-33-20-6-2-1-3-7-20/h1-9,18,21-22,28,33H,10-17,19H2,(H,34,41)(H,35,37,38). The maximum absolute atomic E-state index is 14.1. The lowest BCUT2D eigenvalue weighted by atomic mass is 9.91. The normalized spacial score (nSPS) is 19.2. The first-order chi connectivity index (χ1) is 20.5. The minimum Gasteiger partial charge on any atom is -0.378 e. The topological polar surface area (TPSA) is 109 Å². The van der Waals surface area contributed by atoms with Gasteiger partial charge in [-0.25, -0.2) is 13.8 Å². The highest BCUT2D eigenvalue weighted by Gasteiger charge is 2.26. The van der Waals surface area contributed by atoms with Crippen LogP contribution in [0.5, 0.6) is 0 Å². The van der Waals surface area contributed by atoms with Gasteiger partial charge in [0.2, 0.25) is 11.9 Å². The van der Waals surface area contributed by atoms with Crippen molar-refractivity contribution in [2.45, 2.75) is 44.2 Å². The molecule has 0 radical (unpaired) electrons. The molecule has 0 bridgehead atoms. The number of hydrogen-bond donors (Lipinski definition) is 3. The van der Waals surface area contributed by atoms with Gasteiger partial charge in [0.05, 0.1) is 30.8 Å². The van der Waals surface area contributed by atoms with Crippen LogP contribution in [-0.4, -0.2) is 70.4 Å². The van der Waals surface area contributed by atoms with Gasteiger partial charge in [-0.15, -0.1) is 0 Å². The van der Waals surface area contributed by atoms with Gasteiger partial charge in [0.15, 0.2) is 5.82 Å². The third-order valence-electron chi connectivity index (χ3n) is 7.70. The van der Waals surface area contributed by atoms with E-state index in [4.69, 9.17) is 14.7 Å². The molecule has 0 spiro atoms. The largest absolute Gasteiger partial charge is 0.378 e. The second-order valence-corrected chi connectivity index (χ2v) is 10.6. The number of morpholine rings is 1. The Morgan fingerprint density at radius 2 is 1.60 bits per heavy atom. The zero-order valence-corrected chi connectivity index (χ0v) is 23.2. The van der Waals surface area contributed by atoms with Crippen LogP contribution in [0.1, 0.15) is 37.9 Å². The lowest BCUT2D eigenvalue weighted by Gasteiger charge is -2.31. The Hall–Kier alpha value is -4.32. The van der Waals surface area contributed by atoms with Crippen LogP contribution in [0.2, 0.25) is 0 Å². The average Bonchev–Trinajstić information content (AvgIpc) is 3.42. The highest BCUT2D eigenvalue weighted by molar-refractivity contribution is 5.81. The molecular weight excluding hydrogens is 542 g/mol. The van der Waals surface area contributed by atoms with Crippen molar-refractivity contribution in [2.75, 3.05) is 48.4 Å². The third kappa shape index (κ3) is 6.43. The van der Waals surface area contributed by atoms with Crippen LogP contribution >= 0.6 is 0 Å². The van der Waals surface area contributed by atoms with Crippen molar-refractivity contribution in [2.24, 2.45) is 0 Å². The van der Waals surface area contributed by atoms with Crippen molar-refractivity contribution in [3.05, 3.63) is 66.5 Å². The second kappa shape index (κ2) is 12.7. The van der Waals surface area contributed by atoms with E-state index in [0.717, 1.165) is 31.4 Å². The molecule has 1 saturated heterocycles. The number of hydrogen-bond acceptors (Lipinski definition) is 8. The monoisotopic (exact) mass is 576 g/mol. The summed E-state index contributed by atoms with van der Waals surface area (Å²) in [5.74, 6) is 0.975. The first kappa shape index (κ1) is 27.8. The van der Waals surface area contributed by atoms with Crippen molar-refractivity contribution >= 4 is 34.4 Å². The Morgan fingerprint density at radius 3 is 2.36 bits per heavy atom. The number of aromatic nitrogens is 4. The molecule has 2 aliphatic rings. The summed E-state index contributed by atoms with van der Waals surface area (Å²) in [6.45, 7) is 2.64. The molecule has 220 valence electrons. The number of ether oxygens (including phenoxy) is 1. The summed E-state index contributed by atoms with van der Waals surface area (Å²) in [5.41, 5.74) is 1.94. The Balaban J connectivity index is 1.17. The molecule has 1 aliphatic heterocycles. The van der Waals surface area contributed by atoms with Gasteiger partial charge in [-0.3, -0.25) is 9.36 Å². The van der Waals surface area contributed by atoms with Gasteiger partial charge in [0, 0.05) is 36.9 Å². The summed E-state index contributed by atoms with van der Waals surface area (Å²) in [5, 5.41) is 9.72. The number of para-hydroxylation sites is 3. The molecule has 1 saturated carbocycles. The van der Waals surface area contributed by atoms with Gasteiger partial charge >= 0.3 is 0 Å². The second-order valence-electron chi connectivity index (χ2n) is 10.6. The predicted molar refractivity (Wildman–Crippen MR) is 157 cm³/mol. The number of nitrogens with zero attached hydrogens (tertiary/aromatic N) is 5. The van der Waals surface area contributed by atoms with E-state index in [1.54, 1.807) is 30.3 Å². The molecule has 1 amide bonds. The number of amides is 1. The molecule has 4 aromatic rings. The molecule has 0 atom stereocenters. The quantitative estimate of drug-likeness (QED) is 0.267. The number of rotatable bonds is 9. The van der Waals surface area contributed by atoms with Gasteiger partial charge in [-0.05, 0) is 49.9 Å². The highest BCUT2D eigenvalue weighted by atomic mass is 19.3. The summed E-state index contributed by atoms with van der Waals surface area (Å²) in [6.07, 6.45) is 0.476. The van der Waals surface area contributed by atoms with Crippen LogP contribution in [0.3, 0.4) is 0 Å². The van der Waals surface area contributed by atoms with Gasteiger partial charge < -0.3 is 25.6 Å². The zero-order chi connectivity index (χ0) is 28.9. The van der Waals surface area contributed by atoms with E-state index in [2.05, 4.69) is 25.8 Å². The fraction of sp³-hybridized carbons (Fsp3) is 0.400. The summed E-state index contributed by atoms with van der Waals surface area (Å²) < 4.78 is 35.2. The van der Waals surface area contributed by atoms with Crippen LogP contribution in [0.4, 0.5) is 26.2 Å². The van der Waals surface area contributed by atoms with E-state index in [1.807, 2.05) is 30.3 Å². The van der Waals surface area contributed by atoms with E-state index < -0.39 is 6.43 Å². The van der Waals surface area contributed by atoms with E-state index in [9.17, 15) is 13.6 Å². The van der Waals surface area contributed by atoms with Crippen LogP contribution in [-0.2, 0) is 9.53 Å². The molecule has 1 aliphatic carbocycles. The Morgan fingerprint density at radius 1 is 0.905 bits per heavy atom. The van der Waals surface area contributed by atoms with E-state index in [-0.39, 0.29) is 30.4 Å². The number of halogens is 2. The number of alkyl halides is 2. The summed E-state index contributed by atoms with van der Waals surface area (Å²) in [4.78, 5) is 28.3. The van der Waals surface area contributed by atoms with Gasteiger partial charge in [0.25, 0.3) is 6.43 Å². The molecule has 2 fully saturated rings.